The van der Waals surface area contributed by atoms with E-state index in [1.54, 1.807) is 49.6 Å². The lowest BCUT2D eigenvalue weighted by atomic mass is 10.2. The molecule has 0 aromatic heterocycles. The van der Waals surface area contributed by atoms with Gasteiger partial charge in [0.25, 0.3) is 15.9 Å². The van der Waals surface area contributed by atoms with E-state index in [0.717, 1.165) is 9.87 Å². The number of carbonyl (C=O) groups excluding carboxylic acids is 1. The van der Waals surface area contributed by atoms with Crippen LogP contribution < -0.4 is 28.7 Å². The molecule has 0 aliphatic rings. The molecular formula is C26H29N3O7S. The summed E-state index contributed by atoms with van der Waals surface area (Å²) in [6, 6.07) is 16.1. The van der Waals surface area contributed by atoms with Crippen molar-refractivity contribution in [2.24, 2.45) is 5.10 Å². The predicted molar refractivity (Wildman–Crippen MR) is 141 cm³/mol. The molecule has 11 heteroatoms. The van der Waals surface area contributed by atoms with Crippen molar-refractivity contribution in [2.75, 3.05) is 39.3 Å². The third-order valence-electron chi connectivity index (χ3n) is 5.39. The average Bonchev–Trinajstić information content (AvgIpc) is 2.91. The van der Waals surface area contributed by atoms with Crippen molar-refractivity contribution in [3.8, 4) is 23.0 Å². The summed E-state index contributed by atoms with van der Waals surface area (Å²) in [5.74, 6) is 1.08. The van der Waals surface area contributed by atoms with Crippen LogP contribution in [-0.2, 0) is 14.8 Å². The van der Waals surface area contributed by atoms with Crippen LogP contribution in [0, 0.1) is 6.92 Å². The first-order chi connectivity index (χ1) is 17.7. The number of hydrogen-bond donors (Lipinski definition) is 1. The summed E-state index contributed by atoms with van der Waals surface area (Å²) in [4.78, 5) is 12.7. The number of nitrogens with zero attached hydrogens (tertiary/aromatic N) is 2. The fraction of sp³-hybridized carbons (Fsp3) is 0.231. The molecule has 3 aromatic carbocycles. The molecule has 0 radical (unpaired) electrons. The van der Waals surface area contributed by atoms with Crippen LogP contribution in [0.2, 0.25) is 0 Å². The highest BCUT2D eigenvalue weighted by atomic mass is 32.2. The van der Waals surface area contributed by atoms with E-state index in [0.29, 0.717) is 28.5 Å². The zero-order chi connectivity index (χ0) is 27.0. The Balaban J connectivity index is 1.88. The monoisotopic (exact) mass is 527 g/mol. The maximum Gasteiger partial charge on any atom is 0.264 e. The van der Waals surface area contributed by atoms with Crippen LogP contribution in [0.3, 0.4) is 0 Å². The molecule has 1 amide bonds. The van der Waals surface area contributed by atoms with Crippen LogP contribution in [0.15, 0.2) is 70.7 Å². The van der Waals surface area contributed by atoms with Gasteiger partial charge in [0.15, 0.2) is 11.5 Å². The predicted octanol–water partition coefficient (Wildman–Crippen LogP) is 3.38. The van der Waals surface area contributed by atoms with E-state index >= 15 is 0 Å². The Morgan fingerprint density at radius 3 is 2.16 bits per heavy atom. The number of rotatable bonds is 11. The van der Waals surface area contributed by atoms with Crippen LogP contribution in [-0.4, -0.2) is 55.5 Å². The number of benzene rings is 3. The molecule has 10 nitrogen and oxygen atoms in total. The summed E-state index contributed by atoms with van der Waals surface area (Å²) >= 11 is 0. The summed E-state index contributed by atoms with van der Waals surface area (Å²) in [6.07, 6.45) is 1.40. The topological polar surface area (TPSA) is 116 Å². The lowest BCUT2D eigenvalue weighted by molar-refractivity contribution is -0.119. The molecule has 0 saturated carbocycles. The number of carbonyl (C=O) groups is 1. The number of ether oxygens (including phenoxy) is 4. The number of hydrazone groups is 1. The zero-order valence-corrected chi connectivity index (χ0v) is 22.0. The van der Waals surface area contributed by atoms with Gasteiger partial charge in [-0.1, -0.05) is 17.7 Å². The average molecular weight is 528 g/mol. The molecule has 196 valence electrons. The molecule has 0 spiro atoms. The summed E-state index contributed by atoms with van der Waals surface area (Å²) in [5, 5.41) is 3.97. The van der Waals surface area contributed by atoms with Gasteiger partial charge in [-0.25, -0.2) is 13.8 Å². The Morgan fingerprint density at radius 1 is 0.865 bits per heavy atom. The third kappa shape index (κ3) is 6.50. The molecule has 0 heterocycles. The van der Waals surface area contributed by atoms with Crippen molar-refractivity contribution >= 4 is 27.8 Å². The SMILES string of the molecule is COc1ccc(/C=N\NC(=O)CN(c2ccc(C)cc2)S(=O)(=O)c2ccc(OC)c(OC)c2)c(OC)c1. The smallest absolute Gasteiger partial charge is 0.264 e. The molecule has 0 unspecified atom stereocenters. The van der Waals surface area contributed by atoms with E-state index in [2.05, 4.69) is 10.5 Å². The van der Waals surface area contributed by atoms with Gasteiger partial charge in [0.05, 0.1) is 45.2 Å². The first-order valence-corrected chi connectivity index (χ1v) is 12.5. The number of sulfonamides is 1. The van der Waals surface area contributed by atoms with Gasteiger partial charge in [-0.15, -0.1) is 0 Å². The lowest BCUT2D eigenvalue weighted by Gasteiger charge is -2.24. The van der Waals surface area contributed by atoms with E-state index < -0.39 is 22.5 Å². The summed E-state index contributed by atoms with van der Waals surface area (Å²) in [6.45, 7) is 1.36. The molecule has 0 aliphatic carbocycles. The fourth-order valence-electron chi connectivity index (χ4n) is 3.40. The molecule has 3 aromatic rings. The first-order valence-electron chi connectivity index (χ1n) is 11.1. The highest BCUT2D eigenvalue weighted by Gasteiger charge is 2.28. The van der Waals surface area contributed by atoms with Crippen molar-refractivity contribution < 1.29 is 32.2 Å². The summed E-state index contributed by atoms with van der Waals surface area (Å²) < 4.78 is 49.2. The first kappa shape index (κ1) is 27.3. The van der Waals surface area contributed by atoms with E-state index in [1.807, 2.05) is 6.92 Å². The van der Waals surface area contributed by atoms with E-state index in [1.165, 1.54) is 45.7 Å². The standard InChI is InChI=1S/C26H29N3O7S/c1-18-6-9-20(10-7-18)29(37(31,32)22-12-13-23(34-3)25(15-22)36-5)17-26(30)28-27-16-19-8-11-21(33-2)14-24(19)35-4/h6-16H,17H2,1-5H3,(H,28,30)/b27-16-. The molecule has 0 aliphatic heterocycles. The fourth-order valence-corrected chi connectivity index (χ4v) is 4.83. The van der Waals surface area contributed by atoms with Gasteiger partial charge in [-0.2, -0.15) is 5.10 Å². The van der Waals surface area contributed by atoms with Crippen molar-refractivity contribution in [2.45, 2.75) is 11.8 Å². The van der Waals surface area contributed by atoms with Crippen molar-refractivity contribution in [3.05, 3.63) is 71.8 Å². The highest BCUT2D eigenvalue weighted by Crippen LogP contribution is 2.32. The Bertz CT molecular complexity index is 1370. The number of methoxy groups -OCH3 is 4. The normalized spacial score (nSPS) is 11.2. The van der Waals surface area contributed by atoms with Crippen LogP contribution in [0.5, 0.6) is 23.0 Å². The number of anilines is 1. The molecule has 0 bridgehead atoms. The largest absolute Gasteiger partial charge is 0.497 e. The maximum atomic E-state index is 13.6. The highest BCUT2D eigenvalue weighted by molar-refractivity contribution is 7.92. The number of aryl methyl sites for hydroxylation is 1. The summed E-state index contributed by atoms with van der Waals surface area (Å²) in [7, 11) is 1.75. The van der Waals surface area contributed by atoms with Gasteiger partial charge >= 0.3 is 0 Å². The van der Waals surface area contributed by atoms with Gasteiger partial charge in [0.1, 0.15) is 18.0 Å². The zero-order valence-electron chi connectivity index (χ0n) is 21.2. The Kier molecular flexibility index (Phi) is 8.96. The Hall–Kier alpha value is -4.25. The molecule has 37 heavy (non-hydrogen) atoms. The molecular weight excluding hydrogens is 498 g/mol. The van der Waals surface area contributed by atoms with Gasteiger partial charge in [0.2, 0.25) is 0 Å². The Morgan fingerprint density at radius 2 is 1.54 bits per heavy atom. The second-order valence-corrected chi connectivity index (χ2v) is 9.63. The molecule has 0 saturated heterocycles. The third-order valence-corrected chi connectivity index (χ3v) is 7.16. The molecule has 0 fully saturated rings. The van der Waals surface area contributed by atoms with E-state index in [-0.39, 0.29) is 10.6 Å². The molecule has 3 rings (SSSR count). The minimum absolute atomic E-state index is 0.0648. The van der Waals surface area contributed by atoms with Crippen molar-refractivity contribution in [1.82, 2.24) is 5.43 Å². The van der Waals surface area contributed by atoms with E-state index in [4.69, 9.17) is 18.9 Å². The van der Waals surface area contributed by atoms with Crippen molar-refractivity contribution in [3.63, 3.8) is 0 Å². The minimum atomic E-state index is -4.16. The quantitative estimate of drug-likeness (QED) is 0.300. The second-order valence-electron chi connectivity index (χ2n) is 7.77. The van der Waals surface area contributed by atoms with Gasteiger partial charge in [-0.3, -0.25) is 9.10 Å². The van der Waals surface area contributed by atoms with Gasteiger partial charge in [0, 0.05) is 17.7 Å². The number of hydrogen-bond acceptors (Lipinski definition) is 8. The van der Waals surface area contributed by atoms with Crippen LogP contribution in [0.25, 0.3) is 0 Å². The molecule has 0 atom stereocenters. The van der Waals surface area contributed by atoms with Gasteiger partial charge < -0.3 is 18.9 Å². The van der Waals surface area contributed by atoms with Crippen LogP contribution in [0.4, 0.5) is 5.69 Å². The number of amides is 1. The minimum Gasteiger partial charge on any atom is -0.497 e. The maximum absolute atomic E-state index is 13.6. The summed E-state index contributed by atoms with van der Waals surface area (Å²) in [5.41, 5.74) is 4.23. The second kappa shape index (κ2) is 12.1. The molecule has 1 N–H and O–H groups in total. The Labute approximate surface area is 216 Å². The number of nitrogens with one attached hydrogen (secondary N) is 1. The van der Waals surface area contributed by atoms with E-state index in [9.17, 15) is 13.2 Å². The van der Waals surface area contributed by atoms with Crippen LogP contribution in [0.1, 0.15) is 11.1 Å². The van der Waals surface area contributed by atoms with Crippen molar-refractivity contribution in [1.29, 1.82) is 0 Å². The van der Waals surface area contributed by atoms with Gasteiger partial charge in [-0.05, 0) is 43.3 Å². The lowest BCUT2D eigenvalue weighted by Crippen LogP contribution is -2.39. The van der Waals surface area contributed by atoms with Crippen LogP contribution >= 0.6 is 0 Å².